The molecule has 1 heterocycles. The number of esters is 1. The summed E-state index contributed by atoms with van der Waals surface area (Å²) in [5.74, 6) is -1.69. The van der Waals surface area contributed by atoms with Gasteiger partial charge >= 0.3 is 11.9 Å². The van der Waals surface area contributed by atoms with E-state index in [0.717, 1.165) is 5.56 Å². The number of carboxylic acid groups (broad SMARTS) is 1. The molecule has 1 aromatic carbocycles. The Bertz CT molecular complexity index is 710. The largest absolute Gasteiger partial charge is 0.480 e. The summed E-state index contributed by atoms with van der Waals surface area (Å²) < 4.78 is 5.41. The number of carbonyl (C=O) groups is 3. The Morgan fingerprint density at radius 3 is 2.60 bits per heavy atom. The standard InChI is InChI=1S/C22H33N3O5/c1-16(20(26)25-13-7-10-19(25)21(27)28)23-18(22(29)30-15-14-24(2)3)12-11-17-8-5-4-6-9-17/h4-6,8-9,16,18-19,23H,7,10-15H2,1-3H3,(H,27,28)/t16-,18?,19-/m0/s1. The van der Waals surface area contributed by atoms with Gasteiger partial charge in [0, 0.05) is 13.1 Å². The van der Waals surface area contributed by atoms with Crippen LogP contribution < -0.4 is 5.32 Å². The molecule has 1 amide bonds. The molecule has 30 heavy (non-hydrogen) atoms. The predicted octanol–water partition coefficient (Wildman–Crippen LogP) is 1.15. The number of ether oxygens (including phenoxy) is 1. The summed E-state index contributed by atoms with van der Waals surface area (Å²) in [6, 6.07) is 7.66. The Hall–Kier alpha value is -2.45. The summed E-state index contributed by atoms with van der Waals surface area (Å²) in [6.45, 7) is 2.97. The third kappa shape index (κ3) is 7.11. The van der Waals surface area contributed by atoms with Crippen LogP contribution in [0.3, 0.4) is 0 Å². The highest BCUT2D eigenvalue weighted by molar-refractivity contribution is 5.88. The predicted molar refractivity (Wildman–Crippen MR) is 113 cm³/mol. The smallest absolute Gasteiger partial charge is 0.326 e. The van der Waals surface area contributed by atoms with Crippen LogP contribution in [0.1, 0.15) is 31.7 Å². The minimum atomic E-state index is -0.989. The molecule has 0 saturated carbocycles. The van der Waals surface area contributed by atoms with Crippen LogP contribution in [0, 0.1) is 0 Å². The fraction of sp³-hybridized carbons (Fsp3) is 0.591. The fourth-order valence-corrected chi connectivity index (χ4v) is 3.56. The second-order valence-electron chi connectivity index (χ2n) is 7.96. The molecule has 8 nitrogen and oxygen atoms in total. The Balaban J connectivity index is 2.01. The maximum Gasteiger partial charge on any atom is 0.326 e. The number of likely N-dealkylation sites (tertiary alicyclic amines) is 1. The van der Waals surface area contributed by atoms with Crippen molar-refractivity contribution in [2.75, 3.05) is 33.8 Å². The van der Waals surface area contributed by atoms with Crippen LogP contribution in [0.4, 0.5) is 0 Å². The maximum absolute atomic E-state index is 12.8. The van der Waals surface area contributed by atoms with Crippen LogP contribution in [-0.4, -0.2) is 84.7 Å². The molecule has 0 aliphatic carbocycles. The van der Waals surface area contributed by atoms with Crippen LogP contribution in [0.25, 0.3) is 0 Å². The van der Waals surface area contributed by atoms with Gasteiger partial charge < -0.3 is 19.6 Å². The van der Waals surface area contributed by atoms with Crippen LogP contribution in [0.15, 0.2) is 30.3 Å². The molecule has 8 heteroatoms. The molecular weight excluding hydrogens is 386 g/mol. The Morgan fingerprint density at radius 1 is 1.27 bits per heavy atom. The zero-order chi connectivity index (χ0) is 22.1. The van der Waals surface area contributed by atoms with Crippen molar-refractivity contribution in [2.45, 2.75) is 50.7 Å². The Labute approximate surface area is 178 Å². The van der Waals surface area contributed by atoms with Gasteiger partial charge in [-0.05, 0) is 52.3 Å². The van der Waals surface area contributed by atoms with E-state index in [1.54, 1.807) is 6.92 Å². The summed E-state index contributed by atoms with van der Waals surface area (Å²) >= 11 is 0. The van der Waals surface area contributed by atoms with Gasteiger partial charge in [-0.3, -0.25) is 14.9 Å². The minimum absolute atomic E-state index is 0.269. The van der Waals surface area contributed by atoms with E-state index in [0.29, 0.717) is 38.8 Å². The molecule has 1 aliphatic heterocycles. The van der Waals surface area contributed by atoms with Gasteiger partial charge in [0.15, 0.2) is 0 Å². The van der Waals surface area contributed by atoms with Gasteiger partial charge in [0.1, 0.15) is 18.7 Å². The van der Waals surface area contributed by atoms with Gasteiger partial charge in [-0.1, -0.05) is 30.3 Å². The SMILES string of the molecule is C[C@H](NC(CCc1ccccc1)C(=O)OCCN(C)C)C(=O)N1CCC[C@H]1C(=O)O. The third-order valence-corrected chi connectivity index (χ3v) is 5.27. The van der Waals surface area contributed by atoms with Gasteiger partial charge in [-0.15, -0.1) is 0 Å². The molecule has 1 saturated heterocycles. The number of nitrogens with zero attached hydrogens (tertiary/aromatic N) is 2. The molecule has 0 spiro atoms. The van der Waals surface area contributed by atoms with Gasteiger partial charge in [0.05, 0.1) is 6.04 Å². The molecule has 1 unspecified atom stereocenters. The molecule has 1 fully saturated rings. The first-order chi connectivity index (χ1) is 14.3. The Kier molecular flexibility index (Phi) is 9.26. The lowest BCUT2D eigenvalue weighted by molar-refractivity contribution is -0.150. The number of carbonyl (C=O) groups excluding carboxylic acids is 2. The van der Waals surface area contributed by atoms with Crippen molar-refractivity contribution in [1.82, 2.24) is 15.1 Å². The van der Waals surface area contributed by atoms with Crippen LogP contribution in [0.5, 0.6) is 0 Å². The molecular formula is C22H33N3O5. The highest BCUT2D eigenvalue weighted by atomic mass is 16.5. The first-order valence-corrected chi connectivity index (χ1v) is 10.4. The van der Waals surface area contributed by atoms with Gasteiger partial charge in [0.2, 0.25) is 5.91 Å². The average Bonchev–Trinajstić information content (AvgIpc) is 3.21. The van der Waals surface area contributed by atoms with Crippen LogP contribution >= 0.6 is 0 Å². The number of amides is 1. The monoisotopic (exact) mass is 419 g/mol. The highest BCUT2D eigenvalue weighted by Gasteiger charge is 2.37. The summed E-state index contributed by atoms with van der Waals surface area (Å²) in [5, 5.41) is 12.4. The summed E-state index contributed by atoms with van der Waals surface area (Å²) in [7, 11) is 3.79. The van der Waals surface area contributed by atoms with E-state index in [1.807, 2.05) is 49.3 Å². The quantitative estimate of drug-likeness (QED) is 0.519. The van der Waals surface area contributed by atoms with E-state index in [1.165, 1.54) is 4.90 Å². The number of aryl methyl sites for hydroxylation is 1. The van der Waals surface area contributed by atoms with E-state index < -0.39 is 30.1 Å². The molecule has 2 rings (SSSR count). The molecule has 0 aromatic heterocycles. The van der Waals surface area contributed by atoms with E-state index in [4.69, 9.17) is 4.74 Å². The van der Waals surface area contributed by atoms with E-state index in [9.17, 15) is 19.5 Å². The van der Waals surface area contributed by atoms with Crippen molar-refractivity contribution in [2.24, 2.45) is 0 Å². The van der Waals surface area contributed by atoms with Crippen molar-refractivity contribution >= 4 is 17.8 Å². The average molecular weight is 420 g/mol. The maximum atomic E-state index is 12.8. The minimum Gasteiger partial charge on any atom is -0.480 e. The molecule has 1 aliphatic rings. The van der Waals surface area contributed by atoms with Crippen LogP contribution in [0.2, 0.25) is 0 Å². The molecule has 0 radical (unpaired) electrons. The number of aliphatic carboxylic acids is 1. The topological polar surface area (TPSA) is 99.2 Å². The first-order valence-electron chi connectivity index (χ1n) is 10.4. The first kappa shape index (κ1) is 23.8. The van der Waals surface area contributed by atoms with Crippen molar-refractivity contribution in [3.63, 3.8) is 0 Å². The van der Waals surface area contributed by atoms with E-state index >= 15 is 0 Å². The van der Waals surface area contributed by atoms with Crippen molar-refractivity contribution < 1.29 is 24.2 Å². The molecule has 3 atom stereocenters. The van der Waals surface area contributed by atoms with Crippen molar-refractivity contribution in [1.29, 1.82) is 0 Å². The number of hydrogen-bond acceptors (Lipinski definition) is 6. The zero-order valence-corrected chi connectivity index (χ0v) is 18.0. The third-order valence-electron chi connectivity index (χ3n) is 5.27. The number of nitrogens with one attached hydrogen (secondary N) is 1. The van der Waals surface area contributed by atoms with Gasteiger partial charge in [-0.25, -0.2) is 4.79 Å². The number of rotatable bonds is 11. The lowest BCUT2D eigenvalue weighted by Crippen LogP contribution is -2.53. The normalized spacial score (nSPS) is 18.3. The van der Waals surface area contributed by atoms with E-state index in [2.05, 4.69) is 5.32 Å². The second kappa shape index (κ2) is 11.7. The molecule has 1 aromatic rings. The Morgan fingerprint density at radius 2 is 1.97 bits per heavy atom. The fourth-order valence-electron chi connectivity index (χ4n) is 3.56. The summed E-state index contributed by atoms with van der Waals surface area (Å²) in [4.78, 5) is 40.2. The highest BCUT2D eigenvalue weighted by Crippen LogP contribution is 2.19. The lowest BCUT2D eigenvalue weighted by Gasteiger charge is -2.28. The summed E-state index contributed by atoms with van der Waals surface area (Å²) in [6.07, 6.45) is 2.26. The van der Waals surface area contributed by atoms with E-state index in [-0.39, 0.29) is 12.5 Å². The lowest BCUT2D eigenvalue weighted by atomic mass is 10.0. The van der Waals surface area contributed by atoms with Gasteiger partial charge in [0.25, 0.3) is 0 Å². The number of likely N-dealkylation sites (N-methyl/N-ethyl adjacent to an activating group) is 1. The molecule has 0 bridgehead atoms. The number of hydrogen-bond donors (Lipinski definition) is 2. The van der Waals surface area contributed by atoms with Crippen molar-refractivity contribution in [3.8, 4) is 0 Å². The zero-order valence-electron chi connectivity index (χ0n) is 18.0. The number of carboxylic acids is 1. The van der Waals surface area contributed by atoms with Crippen molar-refractivity contribution in [3.05, 3.63) is 35.9 Å². The second-order valence-corrected chi connectivity index (χ2v) is 7.96. The van der Waals surface area contributed by atoms with Crippen LogP contribution in [-0.2, 0) is 25.5 Å². The number of benzene rings is 1. The van der Waals surface area contributed by atoms with Gasteiger partial charge in [-0.2, -0.15) is 0 Å². The molecule has 2 N–H and O–H groups in total. The molecule has 166 valence electrons. The summed E-state index contributed by atoms with van der Waals surface area (Å²) in [5.41, 5.74) is 1.09.